The number of hydrogen-bond acceptors (Lipinski definition) is 2. The fourth-order valence-corrected chi connectivity index (χ4v) is 1.89. The van der Waals surface area contributed by atoms with Crippen molar-refractivity contribution < 1.29 is 18.3 Å². The average Bonchev–Trinajstić information content (AvgIpc) is 2.48. The van der Waals surface area contributed by atoms with Crippen molar-refractivity contribution in [2.45, 2.75) is 20.0 Å². The Hall–Kier alpha value is -2.49. The summed E-state index contributed by atoms with van der Waals surface area (Å²) in [5, 5.41) is 0. The number of rotatable bonds is 5. The normalized spacial score (nSPS) is 11.1. The predicted octanol–water partition coefficient (Wildman–Crippen LogP) is 4.65. The summed E-state index contributed by atoms with van der Waals surface area (Å²) in [5.74, 6) is -1.76. The molecule has 2 nitrogen and oxygen atoms in total. The number of benzene rings is 2. The molecule has 0 aliphatic carbocycles. The van der Waals surface area contributed by atoms with E-state index in [-0.39, 0.29) is 11.7 Å². The minimum Gasteiger partial charge on any atom is -0.490 e. The molecule has 0 aromatic heterocycles. The lowest BCUT2D eigenvalue weighted by atomic mass is 10.1. The van der Waals surface area contributed by atoms with Crippen LogP contribution >= 0.6 is 0 Å². The Labute approximate surface area is 128 Å². The molecular formula is C18H16F2O2. The number of carbonyl (C=O) groups excluding carboxylic acids is 1. The van der Waals surface area contributed by atoms with Crippen molar-refractivity contribution >= 4 is 11.9 Å². The van der Waals surface area contributed by atoms with Crippen LogP contribution in [-0.2, 0) is 0 Å². The third-order valence-corrected chi connectivity index (χ3v) is 2.90. The molecule has 0 unspecified atom stereocenters. The Morgan fingerprint density at radius 1 is 1.09 bits per heavy atom. The van der Waals surface area contributed by atoms with E-state index < -0.39 is 17.4 Å². The van der Waals surface area contributed by atoms with E-state index in [0.717, 1.165) is 17.7 Å². The summed E-state index contributed by atoms with van der Waals surface area (Å²) in [5.41, 5.74) is 0.838. The van der Waals surface area contributed by atoms with Crippen molar-refractivity contribution in [1.82, 2.24) is 0 Å². The molecule has 0 bridgehead atoms. The van der Waals surface area contributed by atoms with Gasteiger partial charge in [0, 0.05) is 11.1 Å². The molecule has 2 aromatic carbocycles. The van der Waals surface area contributed by atoms with E-state index in [1.165, 1.54) is 12.1 Å². The molecule has 0 spiro atoms. The van der Waals surface area contributed by atoms with Crippen LogP contribution < -0.4 is 4.74 Å². The highest BCUT2D eigenvalue weighted by atomic mass is 19.2. The summed E-state index contributed by atoms with van der Waals surface area (Å²) < 4.78 is 31.7. The Bertz CT molecular complexity index is 706. The Morgan fingerprint density at radius 2 is 1.82 bits per heavy atom. The van der Waals surface area contributed by atoms with Crippen LogP contribution in [0.15, 0.2) is 48.5 Å². The molecule has 22 heavy (non-hydrogen) atoms. The predicted molar refractivity (Wildman–Crippen MR) is 81.9 cm³/mol. The lowest BCUT2D eigenvalue weighted by Gasteiger charge is -2.11. The van der Waals surface area contributed by atoms with E-state index in [2.05, 4.69) is 0 Å². The third-order valence-electron chi connectivity index (χ3n) is 2.90. The maximum absolute atomic E-state index is 13.1. The van der Waals surface area contributed by atoms with Crippen molar-refractivity contribution in [2.75, 3.05) is 0 Å². The molecule has 0 fully saturated rings. The van der Waals surface area contributed by atoms with Gasteiger partial charge in [0.05, 0.1) is 6.10 Å². The molecule has 2 aromatic rings. The number of ether oxygens (including phenoxy) is 1. The zero-order chi connectivity index (χ0) is 16.1. The largest absolute Gasteiger partial charge is 0.490 e. The lowest BCUT2D eigenvalue weighted by Crippen LogP contribution is -2.06. The van der Waals surface area contributed by atoms with Crippen molar-refractivity contribution in [3.05, 3.63) is 71.3 Å². The van der Waals surface area contributed by atoms with Gasteiger partial charge in [0.15, 0.2) is 17.4 Å². The van der Waals surface area contributed by atoms with E-state index in [1.54, 1.807) is 6.08 Å². The Kier molecular flexibility index (Phi) is 5.04. The smallest absolute Gasteiger partial charge is 0.185 e. The highest BCUT2D eigenvalue weighted by Gasteiger charge is 2.08. The molecular weight excluding hydrogens is 286 g/mol. The molecule has 4 heteroatoms. The molecule has 0 atom stereocenters. The zero-order valence-electron chi connectivity index (χ0n) is 12.3. The van der Waals surface area contributed by atoms with Crippen LogP contribution in [0.1, 0.15) is 29.8 Å². The molecule has 0 aliphatic heterocycles. The third kappa shape index (κ3) is 4.01. The topological polar surface area (TPSA) is 26.3 Å². The van der Waals surface area contributed by atoms with Gasteiger partial charge in [0.25, 0.3) is 0 Å². The summed E-state index contributed by atoms with van der Waals surface area (Å²) in [7, 11) is 0. The molecule has 0 heterocycles. The highest BCUT2D eigenvalue weighted by molar-refractivity contribution is 6.06. The van der Waals surface area contributed by atoms with Crippen molar-refractivity contribution in [2.24, 2.45) is 0 Å². The molecule has 0 N–H and O–H groups in total. The standard InChI is InChI=1S/C18H16F2O2/c1-12(2)22-18-6-4-3-5-13(18)8-10-17(21)14-7-9-15(19)16(20)11-14/h3-12H,1-2H3/b10-8+. The fourth-order valence-electron chi connectivity index (χ4n) is 1.89. The first-order valence-electron chi connectivity index (χ1n) is 6.90. The van der Waals surface area contributed by atoms with Crippen LogP contribution in [0.25, 0.3) is 6.08 Å². The molecule has 2 rings (SSSR count). The van der Waals surface area contributed by atoms with E-state index in [9.17, 15) is 13.6 Å². The van der Waals surface area contributed by atoms with Crippen LogP contribution in [0, 0.1) is 11.6 Å². The fraction of sp³-hybridized carbons (Fsp3) is 0.167. The molecule has 0 radical (unpaired) electrons. The van der Waals surface area contributed by atoms with Gasteiger partial charge in [-0.25, -0.2) is 8.78 Å². The second-order valence-electron chi connectivity index (χ2n) is 5.03. The highest BCUT2D eigenvalue weighted by Crippen LogP contribution is 2.21. The van der Waals surface area contributed by atoms with Crippen molar-refractivity contribution in [3.63, 3.8) is 0 Å². The van der Waals surface area contributed by atoms with Crippen LogP contribution in [0.5, 0.6) is 5.75 Å². The molecule has 0 amide bonds. The maximum Gasteiger partial charge on any atom is 0.185 e. The van der Waals surface area contributed by atoms with E-state index in [4.69, 9.17) is 4.74 Å². The molecule has 0 saturated carbocycles. The summed E-state index contributed by atoms with van der Waals surface area (Å²) in [4.78, 5) is 12.0. The van der Waals surface area contributed by atoms with Crippen molar-refractivity contribution in [3.8, 4) is 5.75 Å². The molecule has 114 valence electrons. The first kappa shape index (κ1) is 15.9. The summed E-state index contributed by atoms with van der Waals surface area (Å²) in [6, 6.07) is 10.4. The lowest BCUT2D eigenvalue weighted by molar-refractivity contribution is 0.104. The van der Waals surface area contributed by atoms with Gasteiger partial charge < -0.3 is 4.74 Å². The number of hydrogen-bond donors (Lipinski definition) is 0. The monoisotopic (exact) mass is 302 g/mol. The number of allylic oxidation sites excluding steroid dienone is 1. The minimum absolute atomic E-state index is 0.0106. The average molecular weight is 302 g/mol. The van der Waals surface area contributed by atoms with Gasteiger partial charge in [0.2, 0.25) is 0 Å². The molecule has 0 saturated heterocycles. The SMILES string of the molecule is CC(C)Oc1ccccc1/C=C/C(=O)c1ccc(F)c(F)c1. The first-order chi connectivity index (χ1) is 10.5. The van der Waals surface area contributed by atoms with E-state index in [0.29, 0.717) is 5.75 Å². The minimum atomic E-state index is -1.04. The maximum atomic E-state index is 13.1. The molecule has 0 aliphatic rings. The van der Waals surface area contributed by atoms with Crippen LogP contribution in [0.2, 0.25) is 0 Å². The number of ketones is 1. The van der Waals surface area contributed by atoms with Gasteiger partial charge in [-0.2, -0.15) is 0 Å². The van der Waals surface area contributed by atoms with Crippen LogP contribution in [0.4, 0.5) is 8.78 Å². The van der Waals surface area contributed by atoms with Gasteiger partial charge >= 0.3 is 0 Å². The van der Waals surface area contributed by atoms with E-state index in [1.807, 2.05) is 38.1 Å². The van der Waals surface area contributed by atoms with Gasteiger partial charge in [-0.3, -0.25) is 4.79 Å². The van der Waals surface area contributed by atoms with Crippen LogP contribution in [-0.4, -0.2) is 11.9 Å². The Balaban J connectivity index is 2.21. The zero-order valence-corrected chi connectivity index (χ0v) is 12.3. The second-order valence-corrected chi connectivity index (χ2v) is 5.03. The Morgan fingerprint density at radius 3 is 2.50 bits per heavy atom. The summed E-state index contributed by atoms with van der Waals surface area (Å²) in [6.45, 7) is 3.82. The van der Waals surface area contributed by atoms with Crippen molar-refractivity contribution in [1.29, 1.82) is 0 Å². The number of halogens is 2. The quantitative estimate of drug-likeness (QED) is 0.593. The second kappa shape index (κ2) is 6.98. The number of carbonyl (C=O) groups is 1. The van der Waals surface area contributed by atoms with Gasteiger partial charge in [-0.15, -0.1) is 0 Å². The number of para-hydroxylation sites is 1. The van der Waals surface area contributed by atoms with Gasteiger partial charge in [-0.1, -0.05) is 18.2 Å². The van der Waals surface area contributed by atoms with E-state index >= 15 is 0 Å². The summed E-state index contributed by atoms with van der Waals surface area (Å²) in [6.07, 6.45) is 2.92. The van der Waals surface area contributed by atoms with Gasteiger partial charge in [-0.05, 0) is 50.3 Å². The van der Waals surface area contributed by atoms with Crippen LogP contribution in [0.3, 0.4) is 0 Å². The first-order valence-corrected chi connectivity index (χ1v) is 6.90. The summed E-state index contributed by atoms with van der Waals surface area (Å²) >= 11 is 0. The van der Waals surface area contributed by atoms with Gasteiger partial charge in [0.1, 0.15) is 5.75 Å².